The second kappa shape index (κ2) is 6.25. The quantitative estimate of drug-likeness (QED) is 0.837. The maximum Gasteiger partial charge on any atom is 0.343 e. The standard InChI is InChI=1S/C14H16N2O5/c1-9-7-10(21-8-13(18)20-2)3-4-11(9)16-6-5-12(17)15-14(16)19/h3-4,7H,5-6,8H2,1-2H3,(H,15,17,19). The van der Waals surface area contributed by atoms with Crippen molar-refractivity contribution in [2.24, 2.45) is 0 Å². The fourth-order valence-electron chi connectivity index (χ4n) is 2.02. The van der Waals surface area contributed by atoms with Gasteiger partial charge in [-0.1, -0.05) is 0 Å². The Kier molecular flexibility index (Phi) is 4.42. The zero-order valence-electron chi connectivity index (χ0n) is 11.8. The molecule has 7 heteroatoms. The summed E-state index contributed by atoms with van der Waals surface area (Å²) in [7, 11) is 1.29. The number of carbonyl (C=O) groups excluding carboxylic acids is 3. The summed E-state index contributed by atoms with van der Waals surface area (Å²) >= 11 is 0. The summed E-state index contributed by atoms with van der Waals surface area (Å²) < 4.78 is 9.77. The van der Waals surface area contributed by atoms with Crippen molar-refractivity contribution in [1.29, 1.82) is 0 Å². The van der Waals surface area contributed by atoms with Gasteiger partial charge in [-0.25, -0.2) is 9.59 Å². The molecule has 1 aromatic rings. The molecule has 0 spiro atoms. The Balaban J connectivity index is 2.10. The highest BCUT2D eigenvalue weighted by Gasteiger charge is 2.25. The van der Waals surface area contributed by atoms with Crippen molar-refractivity contribution in [1.82, 2.24) is 5.32 Å². The number of imide groups is 1. The van der Waals surface area contributed by atoms with Gasteiger partial charge in [0.1, 0.15) is 5.75 Å². The molecule has 3 amide bonds. The van der Waals surface area contributed by atoms with Gasteiger partial charge >= 0.3 is 12.0 Å². The van der Waals surface area contributed by atoms with Gasteiger partial charge in [-0.15, -0.1) is 0 Å². The van der Waals surface area contributed by atoms with E-state index in [1.807, 2.05) is 6.92 Å². The molecule has 0 saturated carbocycles. The fourth-order valence-corrected chi connectivity index (χ4v) is 2.02. The average Bonchev–Trinajstić information content (AvgIpc) is 2.45. The van der Waals surface area contributed by atoms with Crippen LogP contribution in [0.1, 0.15) is 12.0 Å². The molecule has 0 radical (unpaired) electrons. The van der Waals surface area contributed by atoms with Crippen LogP contribution in [0.3, 0.4) is 0 Å². The summed E-state index contributed by atoms with van der Waals surface area (Å²) in [5.74, 6) is -0.229. The lowest BCUT2D eigenvalue weighted by molar-refractivity contribution is -0.142. The smallest absolute Gasteiger partial charge is 0.343 e. The number of ether oxygens (including phenoxy) is 2. The maximum absolute atomic E-state index is 11.8. The van der Waals surface area contributed by atoms with Crippen LogP contribution in [0.25, 0.3) is 0 Å². The third-order valence-corrected chi connectivity index (χ3v) is 3.10. The Morgan fingerprint density at radius 1 is 1.38 bits per heavy atom. The minimum Gasteiger partial charge on any atom is -0.482 e. The Bertz CT molecular complexity index is 585. The highest BCUT2D eigenvalue weighted by Crippen LogP contribution is 2.26. The van der Waals surface area contributed by atoms with Crippen LogP contribution in [0, 0.1) is 6.92 Å². The van der Waals surface area contributed by atoms with E-state index in [0.717, 1.165) is 5.56 Å². The van der Waals surface area contributed by atoms with Crippen molar-refractivity contribution in [2.75, 3.05) is 25.2 Å². The van der Waals surface area contributed by atoms with E-state index >= 15 is 0 Å². The fraction of sp³-hybridized carbons (Fsp3) is 0.357. The van der Waals surface area contributed by atoms with Gasteiger partial charge in [0.2, 0.25) is 5.91 Å². The van der Waals surface area contributed by atoms with Gasteiger partial charge < -0.3 is 9.47 Å². The summed E-state index contributed by atoms with van der Waals surface area (Å²) in [6.07, 6.45) is 0.270. The van der Waals surface area contributed by atoms with E-state index < -0.39 is 12.0 Å². The Morgan fingerprint density at radius 3 is 2.76 bits per heavy atom. The largest absolute Gasteiger partial charge is 0.482 e. The Morgan fingerprint density at radius 2 is 2.14 bits per heavy atom. The average molecular weight is 292 g/mol. The van der Waals surface area contributed by atoms with Gasteiger partial charge in [0.15, 0.2) is 6.61 Å². The van der Waals surface area contributed by atoms with Crippen LogP contribution in [-0.4, -0.2) is 38.2 Å². The zero-order chi connectivity index (χ0) is 15.4. The number of hydrogen-bond acceptors (Lipinski definition) is 5. The number of nitrogens with zero attached hydrogens (tertiary/aromatic N) is 1. The molecule has 0 unspecified atom stereocenters. The van der Waals surface area contributed by atoms with E-state index in [4.69, 9.17) is 4.74 Å². The minimum atomic E-state index is -0.467. The number of carbonyl (C=O) groups is 3. The van der Waals surface area contributed by atoms with Crippen LogP contribution < -0.4 is 15.0 Å². The van der Waals surface area contributed by atoms with Crippen LogP contribution in [0.4, 0.5) is 10.5 Å². The molecule has 7 nitrogen and oxygen atoms in total. The van der Waals surface area contributed by atoms with Gasteiger partial charge in [0, 0.05) is 18.7 Å². The van der Waals surface area contributed by atoms with Crippen molar-refractivity contribution in [3.8, 4) is 5.75 Å². The molecule has 2 rings (SSSR count). The first-order valence-electron chi connectivity index (χ1n) is 6.43. The normalized spacial score (nSPS) is 14.7. The van der Waals surface area contributed by atoms with Gasteiger partial charge in [0.05, 0.1) is 7.11 Å². The molecule has 1 saturated heterocycles. The number of urea groups is 1. The predicted molar refractivity (Wildman–Crippen MR) is 74.2 cm³/mol. The Labute approximate surface area is 121 Å². The third kappa shape index (κ3) is 3.50. The molecule has 1 aromatic carbocycles. The molecule has 0 atom stereocenters. The number of rotatable bonds is 4. The van der Waals surface area contributed by atoms with Crippen LogP contribution in [0.5, 0.6) is 5.75 Å². The second-order valence-electron chi connectivity index (χ2n) is 4.57. The lowest BCUT2D eigenvalue weighted by atomic mass is 10.1. The summed E-state index contributed by atoms with van der Waals surface area (Å²) in [4.78, 5) is 35.5. The number of esters is 1. The number of nitrogens with one attached hydrogen (secondary N) is 1. The number of anilines is 1. The molecule has 1 N–H and O–H groups in total. The number of amides is 3. The van der Waals surface area contributed by atoms with Crippen LogP contribution in [0.2, 0.25) is 0 Å². The van der Waals surface area contributed by atoms with Crippen molar-refractivity contribution >= 4 is 23.6 Å². The molecular formula is C14H16N2O5. The second-order valence-corrected chi connectivity index (χ2v) is 4.57. The monoisotopic (exact) mass is 292 g/mol. The van der Waals surface area contributed by atoms with Gasteiger partial charge in [-0.2, -0.15) is 0 Å². The number of benzene rings is 1. The third-order valence-electron chi connectivity index (χ3n) is 3.10. The van der Waals surface area contributed by atoms with Crippen molar-refractivity contribution in [3.05, 3.63) is 23.8 Å². The number of methoxy groups -OCH3 is 1. The molecule has 0 aromatic heterocycles. The molecular weight excluding hydrogens is 276 g/mol. The van der Waals surface area contributed by atoms with Crippen LogP contribution >= 0.6 is 0 Å². The van der Waals surface area contributed by atoms with E-state index in [1.165, 1.54) is 12.0 Å². The first-order chi connectivity index (χ1) is 10.0. The topological polar surface area (TPSA) is 84.9 Å². The minimum absolute atomic E-state index is 0.173. The van der Waals surface area contributed by atoms with Gasteiger partial charge in [-0.05, 0) is 30.7 Å². The van der Waals surface area contributed by atoms with Crippen LogP contribution in [0.15, 0.2) is 18.2 Å². The molecule has 1 fully saturated rings. The lowest BCUT2D eigenvalue weighted by Gasteiger charge is -2.28. The number of aryl methyl sites for hydroxylation is 1. The van der Waals surface area contributed by atoms with Gasteiger partial charge in [-0.3, -0.25) is 15.0 Å². The van der Waals surface area contributed by atoms with E-state index in [-0.39, 0.29) is 18.9 Å². The highest BCUT2D eigenvalue weighted by atomic mass is 16.6. The van der Waals surface area contributed by atoms with Crippen molar-refractivity contribution in [2.45, 2.75) is 13.3 Å². The van der Waals surface area contributed by atoms with E-state index in [9.17, 15) is 14.4 Å². The summed E-state index contributed by atoms with van der Waals surface area (Å²) in [5.41, 5.74) is 1.51. The first kappa shape index (κ1) is 14.8. The molecule has 1 heterocycles. The first-order valence-corrected chi connectivity index (χ1v) is 6.43. The summed E-state index contributed by atoms with van der Waals surface area (Å²) in [6.45, 7) is 1.99. The molecule has 1 aliphatic heterocycles. The molecule has 0 bridgehead atoms. The lowest BCUT2D eigenvalue weighted by Crippen LogP contribution is -2.49. The van der Waals surface area contributed by atoms with Crippen molar-refractivity contribution in [3.63, 3.8) is 0 Å². The SMILES string of the molecule is COC(=O)COc1ccc(N2CCC(=O)NC2=O)c(C)c1. The molecule has 1 aliphatic rings. The summed E-state index contributed by atoms with van der Waals surface area (Å²) in [6, 6.07) is 4.67. The van der Waals surface area contributed by atoms with Crippen molar-refractivity contribution < 1.29 is 23.9 Å². The summed E-state index contributed by atoms with van der Waals surface area (Å²) in [5, 5.41) is 2.27. The predicted octanol–water partition coefficient (Wildman–Crippen LogP) is 0.993. The van der Waals surface area contributed by atoms with Gasteiger partial charge in [0.25, 0.3) is 0 Å². The Hall–Kier alpha value is -2.57. The molecule has 112 valence electrons. The number of hydrogen-bond donors (Lipinski definition) is 1. The maximum atomic E-state index is 11.8. The van der Waals surface area contributed by atoms with E-state index in [0.29, 0.717) is 18.0 Å². The van der Waals surface area contributed by atoms with E-state index in [1.54, 1.807) is 18.2 Å². The molecule has 21 heavy (non-hydrogen) atoms. The van der Waals surface area contributed by atoms with E-state index in [2.05, 4.69) is 10.1 Å². The molecule has 0 aliphatic carbocycles. The zero-order valence-corrected chi connectivity index (χ0v) is 11.8. The van der Waals surface area contributed by atoms with Crippen LogP contribution in [-0.2, 0) is 14.3 Å². The highest BCUT2D eigenvalue weighted by molar-refractivity contribution is 6.05.